The highest BCUT2D eigenvalue weighted by Crippen LogP contribution is 2.20. The molecule has 0 aliphatic rings. The highest BCUT2D eigenvalue weighted by atomic mass is 16.2. The SMILES string of the molecule is CCC(CCN(C)CC(C)(C)c1nn[nH]n1)CNC(=O)n1c(=O)n(C(C)C)c2ccccc21. The normalized spacial score (nSPS) is 13.2. The molecule has 3 rings (SSSR count). The van der Waals surface area contributed by atoms with Gasteiger partial charge in [-0.3, -0.25) is 4.57 Å². The number of H-pyrrole nitrogens is 1. The standard InChI is InChI=1S/C23H36N8O2/c1-7-17(12-13-29(6)15-23(4,5)20-25-27-28-26-20)14-24-21(32)31-19-11-9-8-10-18(19)30(16(2)3)22(31)33/h8-11,16-17H,7,12-15H2,1-6H3,(H,24,32)(H,25,26,27,28). The fraction of sp³-hybridized carbons (Fsp3) is 0.609. The van der Waals surface area contributed by atoms with Crippen molar-refractivity contribution < 1.29 is 4.79 Å². The molecule has 1 unspecified atom stereocenters. The molecule has 10 nitrogen and oxygen atoms in total. The van der Waals surface area contributed by atoms with E-state index in [2.05, 4.69) is 58.7 Å². The van der Waals surface area contributed by atoms with E-state index in [1.54, 1.807) is 4.57 Å². The molecule has 0 radical (unpaired) electrons. The van der Waals surface area contributed by atoms with Crippen LogP contribution in [0.15, 0.2) is 29.1 Å². The van der Waals surface area contributed by atoms with E-state index >= 15 is 0 Å². The molecule has 2 aromatic heterocycles. The average molecular weight is 457 g/mol. The Labute approximate surface area is 194 Å². The van der Waals surface area contributed by atoms with Gasteiger partial charge in [0, 0.05) is 24.5 Å². The molecule has 1 amide bonds. The fourth-order valence-electron chi connectivity index (χ4n) is 4.30. The van der Waals surface area contributed by atoms with Gasteiger partial charge in [-0.15, -0.1) is 10.2 Å². The third-order valence-corrected chi connectivity index (χ3v) is 6.15. The van der Waals surface area contributed by atoms with Crippen LogP contribution in [-0.4, -0.2) is 67.4 Å². The third-order valence-electron chi connectivity index (χ3n) is 6.15. The molecular formula is C23H36N8O2. The van der Waals surface area contributed by atoms with Crippen LogP contribution in [0.5, 0.6) is 0 Å². The van der Waals surface area contributed by atoms with E-state index in [1.165, 1.54) is 4.57 Å². The summed E-state index contributed by atoms with van der Waals surface area (Å²) in [6.07, 6.45) is 1.86. The van der Waals surface area contributed by atoms with E-state index in [0.29, 0.717) is 23.8 Å². The summed E-state index contributed by atoms with van der Waals surface area (Å²) in [4.78, 5) is 28.2. The molecule has 2 heterocycles. The van der Waals surface area contributed by atoms with E-state index in [1.807, 2.05) is 38.1 Å². The molecule has 1 aromatic carbocycles. The highest BCUT2D eigenvalue weighted by molar-refractivity contribution is 5.89. The third kappa shape index (κ3) is 5.50. The molecule has 180 valence electrons. The van der Waals surface area contributed by atoms with Gasteiger partial charge in [0.05, 0.1) is 11.0 Å². The topological polar surface area (TPSA) is 114 Å². The van der Waals surface area contributed by atoms with Crippen LogP contribution in [0.1, 0.15) is 59.3 Å². The van der Waals surface area contributed by atoms with Gasteiger partial charge in [0.25, 0.3) is 0 Å². The molecule has 10 heteroatoms. The Morgan fingerprint density at radius 2 is 1.94 bits per heavy atom. The summed E-state index contributed by atoms with van der Waals surface area (Å²) in [7, 11) is 2.08. The van der Waals surface area contributed by atoms with Crippen LogP contribution in [0.4, 0.5) is 4.79 Å². The van der Waals surface area contributed by atoms with Crippen LogP contribution < -0.4 is 11.0 Å². The van der Waals surface area contributed by atoms with Gasteiger partial charge >= 0.3 is 11.7 Å². The van der Waals surface area contributed by atoms with Crippen molar-refractivity contribution in [1.82, 2.24) is 40.0 Å². The van der Waals surface area contributed by atoms with Gasteiger partial charge in [-0.25, -0.2) is 14.2 Å². The Bertz CT molecular complexity index is 1110. The maximum absolute atomic E-state index is 13.0. The van der Waals surface area contributed by atoms with Crippen molar-refractivity contribution in [2.75, 3.05) is 26.7 Å². The zero-order chi connectivity index (χ0) is 24.2. The van der Waals surface area contributed by atoms with Crippen molar-refractivity contribution in [3.63, 3.8) is 0 Å². The quantitative estimate of drug-likeness (QED) is 0.485. The number of nitrogens with one attached hydrogen (secondary N) is 2. The largest absolute Gasteiger partial charge is 0.337 e. The van der Waals surface area contributed by atoms with E-state index in [0.717, 1.165) is 31.4 Å². The summed E-state index contributed by atoms with van der Waals surface area (Å²) in [5.74, 6) is 0.999. The Kier molecular flexibility index (Phi) is 7.68. The lowest BCUT2D eigenvalue weighted by atomic mass is 9.91. The van der Waals surface area contributed by atoms with Crippen LogP contribution in [0.2, 0.25) is 0 Å². The summed E-state index contributed by atoms with van der Waals surface area (Å²) in [6.45, 7) is 12.4. The number of hydrogen-bond acceptors (Lipinski definition) is 6. The lowest BCUT2D eigenvalue weighted by Crippen LogP contribution is -2.40. The number of aromatic nitrogens is 6. The van der Waals surface area contributed by atoms with Crippen molar-refractivity contribution in [2.45, 2.75) is 58.9 Å². The van der Waals surface area contributed by atoms with Crippen molar-refractivity contribution in [3.05, 3.63) is 40.6 Å². The highest BCUT2D eigenvalue weighted by Gasteiger charge is 2.27. The van der Waals surface area contributed by atoms with Crippen LogP contribution in [-0.2, 0) is 5.41 Å². The van der Waals surface area contributed by atoms with Crippen molar-refractivity contribution in [3.8, 4) is 0 Å². The van der Waals surface area contributed by atoms with Crippen LogP contribution >= 0.6 is 0 Å². The number of amides is 1. The van der Waals surface area contributed by atoms with E-state index in [-0.39, 0.29) is 23.2 Å². The number of nitrogens with zero attached hydrogens (tertiary/aromatic N) is 6. The number of carbonyl (C=O) groups is 1. The van der Waals surface area contributed by atoms with Gasteiger partial charge in [0.1, 0.15) is 0 Å². The molecule has 0 spiro atoms. The zero-order valence-corrected chi connectivity index (χ0v) is 20.5. The molecule has 33 heavy (non-hydrogen) atoms. The number of imidazole rings is 1. The van der Waals surface area contributed by atoms with Gasteiger partial charge in [0.2, 0.25) is 0 Å². The summed E-state index contributed by atoms with van der Waals surface area (Å²) in [6, 6.07) is 7.00. The predicted molar refractivity (Wildman–Crippen MR) is 128 cm³/mol. The number of likely N-dealkylation sites (N-methyl/N-ethyl adjacent to an activating group) is 1. The van der Waals surface area contributed by atoms with Crippen molar-refractivity contribution in [1.29, 1.82) is 0 Å². The van der Waals surface area contributed by atoms with Gasteiger partial charge in [-0.1, -0.05) is 44.5 Å². The molecule has 1 atom stereocenters. The summed E-state index contributed by atoms with van der Waals surface area (Å²) >= 11 is 0. The number of para-hydroxylation sites is 2. The van der Waals surface area contributed by atoms with E-state index < -0.39 is 0 Å². The number of hydrogen-bond donors (Lipinski definition) is 2. The monoisotopic (exact) mass is 456 g/mol. The summed E-state index contributed by atoms with van der Waals surface area (Å²) in [5, 5.41) is 17.4. The molecule has 0 saturated carbocycles. The smallest absolute Gasteiger partial charge is 0.337 e. The number of rotatable bonds is 10. The Morgan fingerprint density at radius 3 is 2.55 bits per heavy atom. The molecule has 2 N–H and O–H groups in total. The maximum atomic E-state index is 13.0. The summed E-state index contributed by atoms with van der Waals surface area (Å²) in [5.41, 5.74) is 0.875. The molecule has 0 aliphatic heterocycles. The molecule has 0 fully saturated rings. The first-order valence-electron chi connectivity index (χ1n) is 11.6. The Balaban J connectivity index is 1.60. The van der Waals surface area contributed by atoms with Crippen LogP contribution in [0, 0.1) is 5.92 Å². The maximum Gasteiger partial charge on any atom is 0.337 e. The number of carbonyl (C=O) groups excluding carboxylic acids is 1. The van der Waals surface area contributed by atoms with Gasteiger partial charge in [-0.2, -0.15) is 5.21 Å². The first-order valence-corrected chi connectivity index (χ1v) is 11.6. The average Bonchev–Trinajstić information content (AvgIpc) is 3.39. The Morgan fingerprint density at radius 1 is 1.24 bits per heavy atom. The summed E-state index contributed by atoms with van der Waals surface area (Å²) < 4.78 is 2.91. The van der Waals surface area contributed by atoms with Gasteiger partial charge < -0.3 is 10.2 Å². The number of tetrazole rings is 1. The first-order chi connectivity index (χ1) is 15.7. The molecule has 0 saturated heterocycles. The zero-order valence-electron chi connectivity index (χ0n) is 20.5. The molecule has 0 aliphatic carbocycles. The van der Waals surface area contributed by atoms with Crippen LogP contribution in [0.25, 0.3) is 11.0 Å². The number of fused-ring (bicyclic) bond motifs is 1. The minimum absolute atomic E-state index is 0.0351. The minimum Gasteiger partial charge on any atom is -0.337 e. The lowest BCUT2D eigenvalue weighted by molar-refractivity contribution is 0.230. The second-order valence-corrected chi connectivity index (χ2v) is 9.68. The lowest BCUT2D eigenvalue weighted by Gasteiger charge is -2.28. The van der Waals surface area contributed by atoms with Crippen molar-refractivity contribution >= 4 is 17.1 Å². The van der Waals surface area contributed by atoms with Gasteiger partial charge in [0.15, 0.2) is 5.82 Å². The van der Waals surface area contributed by atoms with E-state index in [9.17, 15) is 9.59 Å². The predicted octanol–water partition coefficient (Wildman–Crippen LogP) is 2.78. The number of aromatic amines is 1. The van der Waals surface area contributed by atoms with Crippen LogP contribution in [0.3, 0.4) is 0 Å². The fourth-order valence-corrected chi connectivity index (χ4v) is 4.30. The second kappa shape index (κ2) is 10.3. The molecular weight excluding hydrogens is 420 g/mol. The minimum atomic E-state index is -0.374. The first kappa shape index (κ1) is 24.6. The Hall–Kier alpha value is -3.01. The molecule has 0 bridgehead atoms. The van der Waals surface area contributed by atoms with Gasteiger partial charge in [-0.05, 0) is 51.9 Å². The number of benzene rings is 1. The molecule has 3 aromatic rings. The van der Waals surface area contributed by atoms with Crippen molar-refractivity contribution in [2.24, 2.45) is 5.92 Å². The second-order valence-electron chi connectivity index (χ2n) is 9.68. The van der Waals surface area contributed by atoms with E-state index in [4.69, 9.17) is 0 Å².